The summed E-state index contributed by atoms with van der Waals surface area (Å²) in [5.74, 6) is -0.214. The van der Waals surface area contributed by atoms with Crippen LogP contribution in [0, 0.1) is 5.82 Å². The SMILES string of the molecule is CCNC(Cc1ccc(F)cc1)c1ccc(Cl)cn1. The molecular formula is C15H16ClFN2. The van der Waals surface area contributed by atoms with Gasteiger partial charge in [0.2, 0.25) is 0 Å². The highest BCUT2D eigenvalue weighted by atomic mass is 35.5. The van der Waals surface area contributed by atoms with E-state index < -0.39 is 0 Å². The zero-order valence-electron chi connectivity index (χ0n) is 10.7. The summed E-state index contributed by atoms with van der Waals surface area (Å²) >= 11 is 5.85. The van der Waals surface area contributed by atoms with E-state index in [4.69, 9.17) is 11.6 Å². The molecule has 0 fully saturated rings. The van der Waals surface area contributed by atoms with Gasteiger partial charge in [-0.05, 0) is 42.8 Å². The number of hydrogen-bond acceptors (Lipinski definition) is 2. The lowest BCUT2D eigenvalue weighted by molar-refractivity contribution is 0.536. The number of rotatable bonds is 5. The molecule has 0 amide bonds. The van der Waals surface area contributed by atoms with Gasteiger partial charge in [-0.15, -0.1) is 0 Å². The van der Waals surface area contributed by atoms with Crippen molar-refractivity contribution >= 4 is 11.6 Å². The average Bonchev–Trinajstić information content (AvgIpc) is 2.42. The van der Waals surface area contributed by atoms with Gasteiger partial charge >= 0.3 is 0 Å². The molecule has 19 heavy (non-hydrogen) atoms. The van der Waals surface area contributed by atoms with Crippen LogP contribution in [0.5, 0.6) is 0 Å². The zero-order chi connectivity index (χ0) is 13.7. The van der Waals surface area contributed by atoms with Gasteiger partial charge in [-0.1, -0.05) is 30.7 Å². The van der Waals surface area contributed by atoms with E-state index in [9.17, 15) is 4.39 Å². The minimum Gasteiger partial charge on any atom is -0.309 e. The number of benzene rings is 1. The fourth-order valence-corrected chi connectivity index (χ4v) is 2.09. The Morgan fingerprint density at radius 3 is 2.53 bits per heavy atom. The molecule has 1 unspecified atom stereocenters. The summed E-state index contributed by atoms with van der Waals surface area (Å²) in [6, 6.07) is 10.4. The number of likely N-dealkylation sites (N-methyl/N-ethyl adjacent to an activating group) is 1. The molecule has 1 heterocycles. The molecule has 1 aromatic heterocycles. The molecule has 1 N–H and O–H groups in total. The first-order chi connectivity index (χ1) is 9.19. The predicted octanol–water partition coefficient (Wildman–Crippen LogP) is 3.77. The first kappa shape index (κ1) is 14.0. The Morgan fingerprint density at radius 1 is 1.21 bits per heavy atom. The molecule has 1 aromatic carbocycles. The molecule has 0 radical (unpaired) electrons. The lowest BCUT2D eigenvalue weighted by Crippen LogP contribution is -2.23. The standard InChI is InChI=1S/C15H16ClFN2/c1-2-18-15(14-8-5-12(16)10-19-14)9-11-3-6-13(17)7-4-11/h3-8,10,15,18H,2,9H2,1H3. The van der Waals surface area contributed by atoms with Crippen LogP contribution in [-0.4, -0.2) is 11.5 Å². The van der Waals surface area contributed by atoms with Crippen LogP contribution in [0.1, 0.15) is 24.2 Å². The molecule has 2 aromatic rings. The first-order valence-corrected chi connectivity index (χ1v) is 6.66. The third kappa shape index (κ3) is 4.01. The van der Waals surface area contributed by atoms with Gasteiger partial charge in [-0.2, -0.15) is 0 Å². The van der Waals surface area contributed by atoms with Gasteiger partial charge in [0.1, 0.15) is 5.82 Å². The third-order valence-corrected chi connectivity index (χ3v) is 3.13. The van der Waals surface area contributed by atoms with Gasteiger partial charge in [0, 0.05) is 6.20 Å². The van der Waals surface area contributed by atoms with Gasteiger partial charge < -0.3 is 5.32 Å². The predicted molar refractivity (Wildman–Crippen MR) is 75.8 cm³/mol. The number of nitrogens with zero attached hydrogens (tertiary/aromatic N) is 1. The average molecular weight is 279 g/mol. The molecule has 0 aliphatic carbocycles. The molecule has 0 bridgehead atoms. The van der Waals surface area contributed by atoms with Crippen LogP contribution in [0.4, 0.5) is 4.39 Å². The normalized spacial score (nSPS) is 12.4. The molecule has 4 heteroatoms. The van der Waals surface area contributed by atoms with E-state index in [-0.39, 0.29) is 11.9 Å². The summed E-state index contributed by atoms with van der Waals surface area (Å²) in [6.07, 6.45) is 2.41. The highest BCUT2D eigenvalue weighted by Crippen LogP contribution is 2.18. The summed E-state index contributed by atoms with van der Waals surface area (Å²) in [5.41, 5.74) is 2.01. The Balaban J connectivity index is 2.15. The molecular weight excluding hydrogens is 263 g/mol. The van der Waals surface area contributed by atoms with Crippen molar-refractivity contribution < 1.29 is 4.39 Å². The topological polar surface area (TPSA) is 24.9 Å². The number of aromatic nitrogens is 1. The molecule has 0 aliphatic rings. The minimum atomic E-state index is -0.214. The molecule has 100 valence electrons. The number of halogens is 2. The maximum atomic E-state index is 12.9. The van der Waals surface area contributed by atoms with Gasteiger partial charge in [0.05, 0.1) is 16.8 Å². The van der Waals surface area contributed by atoms with E-state index in [2.05, 4.69) is 10.3 Å². The van der Waals surface area contributed by atoms with Gasteiger partial charge in [-0.25, -0.2) is 4.39 Å². The second-order valence-corrected chi connectivity index (χ2v) is 4.78. The Labute approximate surface area is 117 Å². The molecule has 2 rings (SSSR count). The van der Waals surface area contributed by atoms with Crippen molar-refractivity contribution in [1.29, 1.82) is 0 Å². The number of nitrogens with one attached hydrogen (secondary N) is 1. The zero-order valence-corrected chi connectivity index (χ0v) is 11.5. The van der Waals surface area contributed by atoms with Crippen LogP contribution >= 0.6 is 11.6 Å². The number of hydrogen-bond donors (Lipinski definition) is 1. The monoisotopic (exact) mass is 278 g/mol. The molecule has 0 spiro atoms. The van der Waals surface area contributed by atoms with E-state index in [1.165, 1.54) is 12.1 Å². The lowest BCUT2D eigenvalue weighted by atomic mass is 10.0. The van der Waals surface area contributed by atoms with Crippen molar-refractivity contribution in [2.75, 3.05) is 6.54 Å². The van der Waals surface area contributed by atoms with Crippen molar-refractivity contribution in [2.45, 2.75) is 19.4 Å². The Hall–Kier alpha value is -1.45. The van der Waals surface area contributed by atoms with Crippen LogP contribution in [0.15, 0.2) is 42.6 Å². The van der Waals surface area contributed by atoms with Gasteiger partial charge in [0.25, 0.3) is 0 Å². The van der Waals surface area contributed by atoms with E-state index >= 15 is 0 Å². The highest BCUT2D eigenvalue weighted by molar-refractivity contribution is 6.30. The highest BCUT2D eigenvalue weighted by Gasteiger charge is 2.12. The van der Waals surface area contributed by atoms with E-state index in [1.54, 1.807) is 18.3 Å². The van der Waals surface area contributed by atoms with Crippen LogP contribution in [0.2, 0.25) is 5.02 Å². The van der Waals surface area contributed by atoms with E-state index in [0.717, 1.165) is 24.2 Å². The lowest BCUT2D eigenvalue weighted by Gasteiger charge is -2.17. The van der Waals surface area contributed by atoms with E-state index in [0.29, 0.717) is 5.02 Å². The Kier molecular flexibility index (Phi) is 4.88. The van der Waals surface area contributed by atoms with Crippen molar-refractivity contribution in [3.8, 4) is 0 Å². The summed E-state index contributed by atoms with van der Waals surface area (Å²) in [7, 11) is 0. The smallest absolute Gasteiger partial charge is 0.123 e. The summed E-state index contributed by atoms with van der Waals surface area (Å²) in [6.45, 7) is 2.89. The molecule has 2 nitrogen and oxygen atoms in total. The minimum absolute atomic E-state index is 0.104. The first-order valence-electron chi connectivity index (χ1n) is 6.28. The van der Waals surface area contributed by atoms with E-state index in [1.807, 2.05) is 19.1 Å². The summed E-state index contributed by atoms with van der Waals surface area (Å²) < 4.78 is 12.9. The molecule has 0 saturated heterocycles. The molecule has 0 saturated carbocycles. The number of pyridine rings is 1. The van der Waals surface area contributed by atoms with Gasteiger partial charge in [-0.3, -0.25) is 4.98 Å². The van der Waals surface area contributed by atoms with Crippen LogP contribution in [-0.2, 0) is 6.42 Å². The second-order valence-electron chi connectivity index (χ2n) is 4.34. The van der Waals surface area contributed by atoms with Crippen molar-refractivity contribution in [1.82, 2.24) is 10.3 Å². The fraction of sp³-hybridized carbons (Fsp3) is 0.267. The summed E-state index contributed by atoms with van der Waals surface area (Å²) in [4.78, 5) is 4.34. The summed E-state index contributed by atoms with van der Waals surface area (Å²) in [5, 5.41) is 4.01. The molecule has 0 aliphatic heterocycles. The van der Waals surface area contributed by atoms with Crippen molar-refractivity contribution in [2.24, 2.45) is 0 Å². The van der Waals surface area contributed by atoms with Gasteiger partial charge in [0.15, 0.2) is 0 Å². The molecule has 1 atom stereocenters. The fourth-order valence-electron chi connectivity index (χ4n) is 1.98. The largest absolute Gasteiger partial charge is 0.309 e. The third-order valence-electron chi connectivity index (χ3n) is 2.91. The Bertz CT molecular complexity index is 511. The maximum absolute atomic E-state index is 12.9. The van der Waals surface area contributed by atoms with Crippen LogP contribution in [0.25, 0.3) is 0 Å². The second kappa shape index (κ2) is 6.64. The van der Waals surface area contributed by atoms with Crippen molar-refractivity contribution in [3.05, 3.63) is 64.7 Å². The Morgan fingerprint density at radius 2 is 1.95 bits per heavy atom. The van der Waals surface area contributed by atoms with Crippen molar-refractivity contribution in [3.63, 3.8) is 0 Å². The maximum Gasteiger partial charge on any atom is 0.123 e. The van der Waals surface area contributed by atoms with Crippen LogP contribution in [0.3, 0.4) is 0 Å². The quantitative estimate of drug-likeness (QED) is 0.901. The van der Waals surface area contributed by atoms with Crippen LogP contribution < -0.4 is 5.32 Å².